The number of amides is 1. The van der Waals surface area contributed by atoms with E-state index >= 15 is 0 Å². The predicted octanol–water partition coefficient (Wildman–Crippen LogP) is 1.72. The fraction of sp³-hybridized carbons (Fsp3) is 0.200. The summed E-state index contributed by atoms with van der Waals surface area (Å²) < 4.78 is 5.03. The fourth-order valence-electron chi connectivity index (χ4n) is 1.24. The molecule has 0 radical (unpaired) electrons. The van der Waals surface area contributed by atoms with Gasteiger partial charge in [-0.2, -0.15) is 0 Å². The molecule has 0 saturated carbocycles. The molecule has 0 unspecified atom stereocenters. The molecule has 0 aliphatic heterocycles. The van der Waals surface area contributed by atoms with Crippen molar-refractivity contribution in [3.63, 3.8) is 0 Å². The molecule has 0 saturated heterocycles. The molecule has 0 aliphatic carbocycles. The summed E-state index contributed by atoms with van der Waals surface area (Å²) >= 11 is 5.90. The summed E-state index contributed by atoms with van der Waals surface area (Å²) in [6, 6.07) is 3.25. The van der Waals surface area contributed by atoms with Crippen LogP contribution in [0, 0.1) is 6.92 Å². The van der Waals surface area contributed by atoms with Crippen molar-refractivity contribution in [2.75, 3.05) is 17.7 Å². The number of carbonyl (C=O) groups excluding carboxylic acids is 1. The molecule has 1 amide bonds. The maximum atomic E-state index is 11.9. The Bertz CT molecular complexity index is 583. The first kappa shape index (κ1) is 12.3. The lowest BCUT2D eigenvalue weighted by Gasteiger charge is -2.05. The molecule has 94 valence electrons. The summed E-state index contributed by atoms with van der Waals surface area (Å²) in [6.07, 6.45) is 0. The molecule has 2 rings (SSSR count). The van der Waals surface area contributed by atoms with Gasteiger partial charge in [-0.15, -0.1) is 5.10 Å². The van der Waals surface area contributed by atoms with Gasteiger partial charge in [-0.1, -0.05) is 16.7 Å². The van der Waals surface area contributed by atoms with Crippen LogP contribution in [0.4, 0.5) is 11.8 Å². The predicted molar refractivity (Wildman–Crippen MR) is 65.8 cm³/mol. The summed E-state index contributed by atoms with van der Waals surface area (Å²) in [5.41, 5.74) is 0.0827. The van der Waals surface area contributed by atoms with Crippen molar-refractivity contribution in [1.82, 2.24) is 15.2 Å². The van der Waals surface area contributed by atoms with E-state index in [1.807, 2.05) is 0 Å². The molecule has 0 aromatic carbocycles. The molecular weight excluding hydrogens is 258 g/mol. The Morgan fingerprint density at radius 1 is 1.39 bits per heavy atom. The largest absolute Gasteiger partial charge is 0.408 e. The number of aromatic nitrogens is 3. The molecule has 18 heavy (non-hydrogen) atoms. The zero-order valence-electron chi connectivity index (χ0n) is 9.69. The van der Waals surface area contributed by atoms with Gasteiger partial charge in [0.2, 0.25) is 5.89 Å². The first-order chi connectivity index (χ1) is 8.60. The molecular formula is C10H10ClN5O2. The van der Waals surface area contributed by atoms with Crippen LogP contribution in [0.25, 0.3) is 0 Å². The standard InChI is InChI=1S/C10H10ClN5O2/c1-5-15-16-10(18-5)14-9(17)8-6(11)3-4-7(12-2)13-8/h3-4H,1-2H3,(H,12,13)(H,14,16,17). The topological polar surface area (TPSA) is 92.9 Å². The van der Waals surface area contributed by atoms with Gasteiger partial charge in [-0.25, -0.2) is 4.98 Å². The quantitative estimate of drug-likeness (QED) is 0.879. The van der Waals surface area contributed by atoms with E-state index in [0.717, 1.165) is 0 Å². The van der Waals surface area contributed by atoms with E-state index in [-0.39, 0.29) is 16.7 Å². The van der Waals surface area contributed by atoms with Crippen LogP contribution in [0.2, 0.25) is 5.02 Å². The van der Waals surface area contributed by atoms with Gasteiger partial charge in [0.05, 0.1) is 5.02 Å². The van der Waals surface area contributed by atoms with Crippen LogP contribution >= 0.6 is 11.6 Å². The third kappa shape index (κ3) is 2.57. The molecule has 0 fully saturated rings. The number of hydrogen-bond acceptors (Lipinski definition) is 6. The molecule has 0 aliphatic rings. The average molecular weight is 268 g/mol. The van der Waals surface area contributed by atoms with Gasteiger partial charge in [0.1, 0.15) is 11.5 Å². The third-order valence-electron chi connectivity index (χ3n) is 2.06. The number of carbonyl (C=O) groups is 1. The van der Waals surface area contributed by atoms with Crippen molar-refractivity contribution in [2.24, 2.45) is 0 Å². The normalized spacial score (nSPS) is 10.2. The zero-order valence-corrected chi connectivity index (χ0v) is 10.4. The molecule has 0 atom stereocenters. The molecule has 0 spiro atoms. The lowest BCUT2D eigenvalue weighted by atomic mass is 10.3. The van der Waals surface area contributed by atoms with E-state index in [1.54, 1.807) is 26.1 Å². The van der Waals surface area contributed by atoms with Crippen LogP contribution in [0.5, 0.6) is 0 Å². The molecule has 7 nitrogen and oxygen atoms in total. The van der Waals surface area contributed by atoms with Gasteiger partial charge in [-0.3, -0.25) is 10.1 Å². The van der Waals surface area contributed by atoms with Crippen molar-refractivity contribution >= 4 is 29.3 Å². The summed E-state index contributed by atoms with van der Waals surface area (Å²) in [6.45, 7) is 1.62. The van der Waals surface area contributed by atoms with Gasteiger partial charge in [-0.05, 0) is 12.1 Å². The van der Waals surface area contributed by atoms with Crippen LogP contribution in [0.15, 0.2) is 16.5 Å². The monoisotopic (exact) mass is 267 g/mol. The summed E-state index contributed by atoms with van der Waals surface area (Å²) in [4.78, 5) is 15.9. The summed E-state index contributed by atoms with van der Waals surface area (Å²) in [5, 5.41) is 12.7. The van der Waals surface area contributed by atoms with E-state index in [9.17, 15) is 4.79 Å². The molecule has 0 bridgehead atoms. The lowest BCUT2D eigenvalue weighted by Crippen LogP contribution is -2.15. The second-order valence-corrected chi connectivity index (χ2v) is 3.76. The first-order valence-corrected chi connectivity index (χ1v) is 5.43. The van der Waals surface area contributed by atoms with Crippen LogP contribution in [0.3, 0.4) is 0 Å². The van der Waals surface area contributed by atoms with Crippen LogP contribution in [-0.4, -0.2) is 28.1 Å². The van der Waals surface area contributed by atoms with Gasteiger partial charge < -0.3 is 9.73 Å². The minimum atomic E-state index is -0.513. The number of pyridine rings is 1. The summed E-state index contributed by atoms with van der Waals surface area (Å²) in [5.74, 6) is 0.375. The van der Waals surface area contributed by atoms with Gasteiger partial charge in [0, 0.05) is 14.0 Å². The van der Waals surface area contributed by atoms with E-state index < -0.39 is 5.91 Å². The van der Waals surface area contributed by atoms with Crippen LogP contribution in [0.1, 0.15) is 16.4 Å². The average Bonchev–Trinajstić information content (AvgIpc) is 2.75. The highest BCUT2D eigenvalue weighted by Crippen LogP contribution is 2.17. The van der Waals surface area contributed by atoms with E-state index in [1.165, 1.54) is 0 Å². The van der Waals surface area contributed by atoms with Crippen molar-refractivity contribution in [2.45, 2.75) is 6.92 Å². The highest BCUT2D eigenvalue weighted by Gasteiger charge is 2.15. The SMILES string of the molecule is CNc1ccc(Cl)c(C(=O)Nc2nnc(C)o2)n1. The number of anilines is 2. The Morgan fingerprint density at radius 3 is 2.78 bits per heavy atom. The van der Waals surface area contributed by atoms with E-state index in [0.29, 0.717) is 11.7 Å². The number of rotatable bonds is 3. The Hall–Kier alpha value is -2.15. The molecule has 2 aromatic heterocycles. The van der Waals surface area contributed by atoms with Crippen LogP contribution in [-0.2, 0) is 0 Å². The molecule has 8 heteroatoms. The van der Waals surface area contributed by atoms with Crippen molar-refractivity contribution in [3.8, 4) is 0 Å². The van der Waals surface area contributed by atoms with Crippen molar-refractivity contribution in [1.29, 1.82) is 0 Å². The van der Waals surface area contributed by atoms with Crippen LogP contribution < -0.4 is 10.6 Å². The minimum Gasteiger partial charge on any atom is -0.408 e. The molecule has 2 heterocycles. The highest BCUT2D eigenvalue weighted by atomic mass is 35.5. The van der Waals surface area contributed by atoms with Crippen molar-refractivity contribution in [3.05, 3.63) is 28.7 Å². The second-order valence-electron chi connectivity index (χ2n) is 3.36. The Kier molecular flexibility index (Phi) is 3.42. The molecule has 2 N–H and O–H groups in total. The smallest absolute Gasteiger partial charge is 0.322 e. The maximum Gasteiger partial charge on any atom is 0.322 e. The second kappa shape index (κ2) is 5.01. The van der Waals surface area contributed by atoms with Gasteiger partial charge >= 0.3 is 6.01 Å². The number of aryl methyl sites for hydroxylation is 1. The minimum absolute atomic E-state index is 0.00484. The highest BCUT2D eigenvalue weighted by molar-refractivity contribution is 6.34. The first-order valence-electron chi connectivity index (χ1n) is 5.06. The van der Waals surface area contributed by atoms with Gasteiger partial charge in [0.25, 0.3) is 5.91 Å². The number of hydrogen-bond donors (Lipinski definition) is 2. The lowest BCUT2D eigenvalue weighted by molar-refractivity contribution is 0.101. The zero-order chi connectivity index (χ0) is 13.1. The Balaban J connectivity index is 2.23. The number of nitrogens with one attached hydrogen (secondary N) is 2. The van der Waals surface area contributed by atoms with Gasteiger partial charge in [0.15, 0.2) is 0 Å². The number of halogens is 1. The maximum absolute atomic E-state index is 11.9. The fourth-order valence-corrected chi connectivity index (χ4v) is 1.44. The Morgan fingerprint density at radius 2 is 2.17 bits per heavy atom. The Labute approximate surface area is 108 Å². The van der Waals surface area contributed by atoms with E-state index in [2.05, 4.69) is 25.8 Å². The molecule has 2 aromatic rings. The van der Waals surface area contributed by atoms with E-state index in [4.69, 9.17) is 16.0 Å². The van der Waals surface area contributed by atoms with Crippen molar-refractivity contribution < 1.29 is 9.21 Å². The third-order valence-corrected chi connectivity index (χ3v) is 2.37. The number of nitrogens with zero attached hydrogens (tertiary/aromatic N) is 3. The summed E-state index contributed by atoms with van der Waals surface area (Å²) in [7, 11) is 1.69.